The lowest BCUT2D eigenvalue weighted by Crippen LogP contribution is -2.42. The number of rotatable bonds is 3. The summed E-state index contributed by atoms with van der Waals surface area (Å²) in [5.41, 5.74) is 0.587. The molecule has 2 rings (SSSR count). The maximum atomic E-state index is 12.0. The van der Waals surface area contributed by atoms with Crippen molar-refractivity contribution in [3.63, 3.8) is 0 Å². The Morgan fingerprint density at radius 3 is 2.61 bits per heavy atom. The minimum Gasteiger partial charge on any atom is -0.444 e. The van der Waals surface area contributed by atoms with Gasteiger partial charge in [-0.2, -0.15) is 0 Å². The summed E-state index contributed by atoms with van der Waals surface area (Å²) in [5.74, 6) is 0.552. The molecular formula is C17H24BrClN2O2. The van der Waals surface area contributed by atoms with E-state index in [1.165, 1.54) is 0 Å². The molecule has 1 aromatic carbocycles. The Labute approximate surface area is 151 Å². The lowest BCUT2D eigenvalue weighted by Gasteiger charge is -2.33. The summed E-state index contributed by atoms with van der Waals surface area (Å²) in [6.45, 7) is 8.07. The van der Waals surface area contributed by atoms with Gasteiger partial charge in [-0.1, -0.05) is 11.6 Å². The van der Waals surface area contributed by atoms with Crippen LogP contribution in [0.4, 0.5) is 10.5 Å². The van der Waals surface area contributed by atoms with Gasteiger partial charge in [0.2, 0.25) is 0 Å². The number of carbonyl (C=O) groups excluding carboxylic acids is 1. The smallest absolute Gasteiger partial charge is 0.410 e. The van der Waals surface area contributed by atoms with E-state index in [1.807, 2.05) is 39.0 Å². The highest BCUT2D eigenvalue weighted by atomic mass is 79.9. The predicted octanol–water partition coefficient (Wildman–Crippen LogP) is 5.16. The van der Waals surface area contributed by atoms with Crippen LogP contribution in [0, 0.1) is 5.92 Å². The monoisotopic (exact) mass is 402 g/mol. The number of halogens is 2. The Morgan fingerprint density at radius 1 is 1.39 bits per heavy atom. The number of piperidine rings is 1. The zero-order valence-corrected chi connectivity index (χ0v) is 16.2. The molecule has 1 saturated heterocycles. The third kappa shape index (κ3) is 5.88. The Morgan fingerprint density at radius 2 is 2.04 bits per heavy atom. The largest absolute Gasteiger partial charge is 0.444 e. The molecule has 1 fully saturated rings. The number of hydrogen-bond acceptors (Lipinski definition) is 3. The maximum absolute atomic E-state index is 12.0. The van der Waals surface area contributed by atoms with Gasteiger partial charge in [-0.3, -0.25) is 0 Å². The summed E-state index contributed by atoms with van der Waals surface area (Å²) in [5, 5.41) is 4.13. The van der Waals surface area contributed by atoms with Crippen molar-refractivity contribution in [1.82, 2.24) is 4.90 Å². The minimum atomic E-state index is -0.434. The van der Waals surface area contributed by atoms with Crippen molar-refractivity contribution in [2.75, 3.05) is 25.0 Å². The van der Waals surface area contributed by atoms with E-state index in [-0.39, 0.29) is 6.09 Å². The molecule has 0 unspecified atom stereocenters. The van der Waals surface area contributed by atoms with Crippen LogP contribution in [0.25, 0.3) is 0 Å². The Balaban J connectivity index is 1.76. The molecule has 0 bridgehead atoms. The molecule has 1 aliphatic heterocycles. The second kappa shape index (κ2) is 7.75. The fourth-order valence-corrected chi connectivity index (χ4v) is 2.94. The molecular weight excluding hydrogens is 380 g/mol. The molecule has 1 aliphatic rings. The van der Waals surface area contributed by atoms with Crippen molar-refractivity contribution in [3.05, 3.63) is 27.7 Å². The summed E-state index contributed by atoms with van der Waals surface area (Å²) in [6.07, 6.45) is 1.76. The number of ether oxygens (including phenoxy) is 1. The molecule has 1 amide bonds. The fraction of sp³-hybridized carbons (Fsp3) is 0.588. The van der Waals surface area contributed by atoms with Crippen LogP contribution in [-0.4, -0.2) is 36.2 Å². The Bertz CT molecular complexity index is 552. The molecule has 128 valence electrons. The van der Waals surface area contributed by atoms with Crippen molar-refractivity contribution >= 4 is 39.3 Å². The van der Waals surface area contributed by atoms with Gasteiger partial charge in [0.1, 0.15) is 5.60 Å². The van der Waals surface area contributed by atoms with Gasteiger partial charge in [0.25, 0.3) is 0 Å². The molecule has 0 radical (unpaired) electrons. The lowest BCUT2D eigenvalue weighted by molar-refractivity contribution is 0.0188. The normalized spacial score (nSPS) is 16.3. The van der Waals surface area contributed by atoms with Crippen LogP contribution in [0.1, 0.15) is 33.6 Å². The van der Waals surface area contributed by atoms with E-state index in [0.29, 0.717) is 10.9 Å². The van der Waals surface area contributed by atoms with Gasteiger partial charge in [0.05, 0.1) is 5.02 Å². The molecule has 6 heteroatoms. The lowest BCUT2D eigenvalue weighted by atomic mass is 9.97. The first-order valence-electron chi connectivity index (χ1n) is 7.91. The summed E-state index contributed by atoms with van der Waals surface area (Å²) in [6, 6.07) is 5.86. The van der Waals surface area contributed by atoms with Gasteiger partial charge in [0, 0.05) is 29.8 Å². The molecule has 1 heterocycles. The van der Waals surface area contributed by atoms with E-state index in [4.69, 9.17) is 16.3 Å². The number of nitrogens with zero attached hydrogens (tertiary/aromatic N) is 1. The van der Waals surface area contributed by atoms with Crippen molar-refractivity contribution in [2.24, 2.45) is 5.92 Å². The van der Waals surface area contributed by atoms with E-state index in [2.05, 4.69) is 21.2 Å². The second-order valence-corrected chi connectivity index (χ2v) is 8.18. The van der Waals surface area contributed by atoms with Gasteiger partial charge < -0.3 is 15.0 Å². The second-order valence-electron chi connectivity index (χ2n) is 6.92. The third-order valence-electron chi connectivity index (χ3n) is 3.78. The maximum Gasteiger partial charge on any atom is 0.410 e. The van der Waals surface area contributed by atoms with Crippen molar-refractivity contribution in [3.8, 4) is 0 Å². The molecule has 4 nitrogen and oxygen atoms in total. The van der Waals surface area contributed by atoms with Gasteiger partial charge in [-0.25, -0.2) is 4.79 Å². The molecule has 0 atom stereocenters. The molecule has 23 heavy (non-hydrogen) atoms. The highest BCUT2D eigenvalue weighted by Gasteiger charge is 2.26. The van der Waals surface area contributed by atoms with Crippen molar-refractivity contribution < 1.29 is 9.53 Å². The quantitative estimate of drug-likeness (QED) is 0.757. The zero-order chi connectivity index (χ0) is 17.0. The standard InChI is InChI=1S/C17H24BrClN2O2/c1-17(2,3)23-16(22)21-8-6-12(7-9-21)11-20-13-4-5-14(18)15(19)10-13/h4-5,10,12,20H,6-9,11H2,1-3H3. The van der Waals surface area contributed by atoms with E-state index < -0.39 is 5.60 Å². The molecule has 1 N–H and O–H groups in total. The fourth-order valence-electron chi connectivity index (χ4n) is 2.51. The molecule has 0 saturated carbocycles. The number of benzene rings is 1. The SMILES string of the molecule is CC(C)(C)OC(=O)N1CCC(CNc2ccc(Br)c(Cl)c2)CC1. The number of likely N-dealkylation sites (tertiary alicyclic amines) is 1. The topological polar surface area (TPSA) is 41.6 Å². The summed E-state index contributed by atoms with van der Waals surface area (Å²) in [7, 11) is 0. The van der Waals surface area contributed by atoms with Gasteiger partial charge >= 0.3 is 6.09 Å². The van der Waals surface area contributed by atoms with Crippen LogP contribution in [0.3, 0.4) is 0 Å². The van der Waals surface area contributed by atoms with Gasteiger partial charge in [0.15, 0.2) is 0 Å². The zero-order valence-electron chi connectivity index (χ0n) is 13.9. The van der Waals surface area contributed by atoms with Crippen LogP contribution in [0.5, 0.6) is 0 Å². The Hall–Kier alpha value is -0.940. The number of hydrogen-bond donors (Lipinski definition) is 1. The number of amides is 1. The van der Waals surface area contributed by atoms with Crippen LogP contribution in [-0.2, 0) is 4.74 Å². The molecule has 0 aliphatic carbocycles. The van der Waals surface area contributed by atoms with Gasteiger partial charge in [-0.05, 0) is 73.7 Å². The highest BCUT2D eigenvalue weighted by molar-refractivity contribution is 9.10. The average molecular weight is 404 g/mol. The van der Waals surface area contributed by atoms with E-state index in [1.54, 1.807) is 4.90 Å². The first-order chi connectivity index (χ1) is 10.7. The first-order valence-corrected chi connectivity index (χ1v) is 9.08. The predicted molar refractivity (Wildman–Crippen MR) is 98.2 cm³/mol. The van der Waals surface area contributed by atoms with Crippen molar-refractivity contribution in [2.45, 2.75) is 39.2 Å². The molecule has 0 spiro atoms. The average Bonchev–Trinajstić information content (AvgIpc) is 2.47. The van der Waals surface area contributed by atoms with Gasteiger partial charge in [-0.15, -0.1) is 0 Å². The third-order valence-corrected chi connectivity index (χ3v) is 5.01. The molecule has 1 aromatic rings. The molecule has 0 aromatic heterocycles. The number of carbonyl (C=O) groups is 1. The number of nitrogens with one attached hydrogen (secondary N) is 1. The number of anilines is 1. The van der Waals surface area contributed by atoms with Crippen LogP contribution < -0.4 is 5.32 Å². The van der Waals surface area contributed by atoms with E-state index in [0.717, 1.165) is 42.6 Å². The summed E-state index contributed by atoms with van der Waals surface area (Å²) < 4.78 is 6.32. The minimum absolute atomic E-state index is 0.205. The van der Waals surface area contributed by atoms with Crippen molar-refractivity contribution in [1.29, 1.82) is 0 Å². The first kappa shape index (κ1) is 18.4. The summed E-state index contributed by atoms with van der Waals surface area (Å²) >= 11 is 9.49. The van der Waals surface area contributed by atoms with Crippen LogP contribution in [0.2, 0.25) is 5.02 Å². The van der Waals surface area contributed by atoms with Crippen LogP contribution in [0.15, 0.2) is 22.7 Å². The van der Waals surface area contributed by atoms with E-state index >= 15 is 0 Å². The van der Waals surface area contributed by atoms with Crippen LogP contribution >= 0.6 is 27.5 Å². The van der Waals surface area contributed by atoms with E-state index in [9.17, 15) is 4.79 Å². The highest BCUT2D eigenvalue weighted by Crippen LogP contribution is 2.26. The Kier molecular flexibility index (Phi) is 6.20. The summed E-state index contributed by atoms with van der Waals surface area (Å²) in [4.78, 5) is 13.8.